The maximum absolute atomic E-state index is 4.53. The molecule has 0 saturated carbocycles. The zero-order valence-corrected chi connectivity index (χ0v) is 12.3. The van der Waals surface area contributed by atoms with Crippen molar-refractivity contribution < 1.29 is 21.3 Å². The molecule has 0 heterocycles. The van der Waals surface area contributed by atoms with Gasteiger partial charge in [-0.3, -0.25) is 0 Å². The van der Waals surface area contributed by atoms with Gasteiger partial charge in [0.25, 0.3) is 0 Å². The van der Waals surface area contributed by atoms with Crippen LogP contribution >= 0.6 is 0 Å². The first-order valence-electron chi connectivity index (χ1n) is 5.53. The molecular weight excluding hydrogens is 259 g/mol. The molecule has 0 bridgehead atoms. The summed E-state index contributed by atoms with van der Waals surface area (Å²) in [5, 5.41) is 0. The van der Waals surface area contributed by atoms with Crippen molar-refractivity contribution in [2.75, 3.05) is 0 Å². The molecule has 0 saturated heterocycles. The van der Waals surface area contributed by atoms with Gasteiger partial charge in [0.2, 0.25) is 0 Å². The SMILES string of the molecule is [CH2]=[Zr]([C]1=CC=CC1)[C]1=C(C)C(C)=C(C)C1. The predicted molar refractivity (Wildman–Crippen MR) is 64.7 cm³/mol. The molecule has 0 aromatic carbocycles. The van der Waals surface area contributed by atoms with E-state index >= 15 is 0 Å². The van der Waals surface area contributed by atoms with Crippen LogP contribution in [0.1, 0.15) is 33.6 Å². The van der Waals surface area contributed by atoms with Crippen molar-refractivity contribution in [3.8, 4) is 0 Å². The number of allylic oxidation sites excluding steroid dienone is 8. The minimum absolute atomic E-state index is 1.17. The topological polar surface area (TPSA) is 0 Å². The van der Waals surface area contributed by atoms with Crippen LogP contribution in [0.25, 0.3) is 0 Å². The van der Waals surface area contributed by atoms with E-state index in [0.717, 1.165) is 0 Å². The Morgan fingerprint density at radius 1 is 1.20 bits per heavy atom. The summed E-state index contributed by atoms with van der Waals surface area (Å²) in [6.07, 6.45) is 9.16. The van der Waals surface area contributed by atoms with E-state index in [1.807, 2.05) is 0 Å². The molecule has 0 nitrogen and oxygen atoms in total. The summed E-state index contributed by atoms with van der Waals surface area (Å²) in [4.78, 5) is 0. The molecule has 0 fully saturated rings. The Labute approximate surface area is 100 Å². The molecular formula is C14H18Zr. The fourth-order valence-corrected chi connectivity index (χ4v) is 7.60. The minimum atomic E-state index is -1.65. The number of rotatable bonds is 2. The monoisotopic (exact) mass is 276 g/mol. The molecule has 0 aliphatic heterocycles. The fraction of sp³-hybridized carbons (Fsp3) is 0.357. The van der Waals surface area contributed by atoms with Crippen molar-refractivity contribution in [3.05, 3.63) is 41.5 Å². The summed E-state index contributed by atoms with van der Waals surface area (Å²) in [5.41, 5.74) is 4.65. The van der Waals surface area contributed by atoms with Crippen molar-refractivity contribution >= 4 is 4.21 Å². The first kappa shape index (κ1) is 11.2. The maximum atomic E-state index is 4.53. The van der Waals surface area contributed by atoms with E-state index in [2.05, 4.69) is 43.2 Å². The van der Waals surface area contributed by atoms with Crippen LogP contribution in [0.15, 0.2) is 41.5 Å². The molecule has 78 valence electrons. The van der Waals surface area contributed by atoms with Crippen LogP contribution in [-0.4, -0.2) is 4.21 Å². The third-order valence-electron chi connectivity index (χ3n) is 3.62. The predicted octanol–water partition coefficient (Wildman–Crippen LogP) is 3.89. The van der Waals surface area contributed by atoms with E-state index in [9.17, 15) is 0 Å². The normalized spacial score (nSPS) is 20.3. The fourth-order valence-electron chi connectivity index (χ4n) is 2.27. The Balaban J connectivity index is 2.25. The van der Waals surface area contributed by atoms with Crippen LogP contribution in [-0.2, 0) is 21.3 Å². The van der Waals surface area contributed by atoms with Crippen LogP contribution in [0.4, 0.5) is 0 Å². The zero-order valence-electron chi connectivity index (χ0n) is 9.85. The van der Waals surface area contributed by atoms with Gasteiger partial charge in [0, 0.05) is 0 Å². The Bertz CT molecular complexity index is 442. The van der Waals surface area contributed by atoms with Gasteiger partial charge < -0.3 is 0 Å². The number of hydrogen-bond donors (Lipinski definition) is 0. The Hall–Kier alpha value is -0.287. The van der Waals surface area contributed by atoms with Gasteiger partial charge in [0.05, 0.1) is 0 Å². The summed E-state index contributed by atoms with van der Waals surface area (Å²) in [7, 11) is 0. The molecule has 2 rings (SSSR count). The molecule has 0 N–H and O–H groups in total. The van der Waals surface area contributed by atoms with E-state index < -0.39 is 21.3 Å². The first-order valence-corrected chi connectivity index (χ1v) is 9.72. The van der Waals surface area contributed by atoms with Gasteiger partial charge in [-0.2, -0.15) is 0 Å². The van der Waals surface area contributed by atoms with Gasteiger partial charge in [-0.05, 0) is 0 Å². The zero-order chi connectivity index (χ0) is 11.0. The van der Waals surface area contributed by atoms with Crippen molar-refractivity contribution in [1.82, 2.24) is 0 Å². The Morgan fingerprint density at radius 3 is 2.40 bits per heavy atom. The molecule has 0 amide bonds. The van der Waals surface area contributed by atoms with Crippen LogP contribution in [0, 0.1) is 0 Å². The van der Waals surface area contributed by atoms with Gasteiger partial charge in [0.15, 0.2) is 0 Å². The molecule has 2 aliphatic carbocycles. The van der Waals surface area contributed by atoms with E-state index in [1.54, 1.807) is 17.7 Å². The molecule has 1 heteroatoms. The molecule has 15 heavy (non-hydrogen) atoms. The van der Waals surface area contributed by atoms with Crippen LogP contribution < -0.4 is 0 Å². The van der Waals surface area contributed by atoms with Gasteiger partial charge in [-0.25, -0.2) is 0 Å². The third-order valence-corrected chi connectivity index (χ3v) is 9.58. The van der Waals surface area contributed by atoms with E-state index in [4.69, 9.17) is 0 Å². The number of hydrogen-bond acceptors (Lipinski definition) is 0. The van der Waals surface area contributed by atoms with Crippen molar-refractivity contribution in [2.45, 2.75) is 33.6 Å². The third kappa shape index (κ3) is 1.99. The summed E-state index contributed by atoms with van der Waals surface area (Å²) in [6, 6.07) is 0. The average Bonchev–Trinajstić information content (AvgIpc) is 2.82. The van der Waals surface area contributed by atoms with Gasteiger partial charge in [-0.15, -0.1) is 0 Å². The molecule has 0 spiro atoms. The Morgan fingerprint density at radius 2 is 1.93 bits per heavy atom. The summed E-state index contributed by atoms with van der Waals surface area (Å²) in [5.74, 6) is 0. The van der Waals surface area contributed by atoms with Crippen molar-refractivity contribution in [2.24, 2.45) is 0 Å². The average molecular weight is 278 g/mol. The second-order valence-electron chi connectivity index (χ2n) is 4.49. The van der Waals surface area contributed by atoms with Gasteiger partial charge >= 0.3 is 101 Å². The van der Waals surface area contributed by atoms with Crippen LogP contribution in [0.2, 0.25) is 0 Å². The molecule has 0 atom stereocenters. The van der Waals surface area contributed by atoms with E-state index in [0.29, 0.717) is 0 Å². The Kier molecular flexibility index (Phi) is 3.21. The standard InChI is InChI=1S/C8H11.C5H5.CH2.Zr/c1-6-4-5-7(2)8(6)3;1-2-4-5-3-1;;/h4H2,1-3H3;1-3H,4H2;1H2;. The van der Waals surface area contributed by atoms with Gasteiger partial charge in [0.1, 0.15) is 0 Å². The first-order chi connectivity index (χ1) is 7.11. The molecule has 0 aromatic rings. The van der Waals surface area contributed by atoms with Crippen LogP contribution in [0.5, 0.6) is 0 Å². The van der Waals surface area contributed by atoms with Crippen LogP contribution in [0.3, 0.4) is 0 Å². The molecule has 2 aliphatic rings. The summed E-state index contributed by atoms with van der Waals surface area (Å²) < 4.78 is 7.91. The van der Waals surface area contributed by atoms with Gasteiger partial charge in [-0.1, -0.05) is 0 Å². The van der Waals surface area contributed by atoms with E-state index in [-0.39, 0.29) is 0 Å². The molecule has 0 aromatic heterocycles. The van der Waals surface area contributed by atoms with E-state index in [1.165, 1.54) is 18.4 Å². The second kappa shape index (κ2) is 4.30. The summed E-state index contributed by atoms with van der Waals surface area (Å²) >= 11 is -1.65. The molecule has 0 radical (unpaired) electrons. The quantitative estimate of drug-likeness (QED) is 0.718. The van der Waals surface area contributed by atoms with Crippen molar-refractivity contribution in [3.63, 3.8) is 0 Å². The van der Waals surface area contributed by atoms with Crippen molar-refractivity contribution in [1.29, 1.82) is 0 Å². The second-order valence-corrected chi connectivity index (χ2v) is 9.90. The summed E-state index contributed by atoms with van der Waals surface area (Å²) in [6.45, 7) is 6.81. The molecule has 0 unspecified atom stereocenters.